The van der Waals surface area contributed by atoms with Crippen LogP contribution in [-0.2, 0) is 13.1 Å². The third-order valence-electron chi connectivity index (χ3n) is 4.01. The summed E-state index contributed by atoms with van der Waals surface area (Å²) < 4.78 is 0. The highest BCUT2D eigenvalue weighted by atomic mass is 15.4. The molecule has 3 heteroatoms. The molecule has 1 heterocycles. The lowest BCUT2D eigenvalue weighted by Crippen LogP contribution is -2.26. The largest absolute Gasteiger partial charge is 0.354 e. The molecule has 1 aliphatic heterocycles. The molecular formula is C20H21N3. The van der Waals surface area contributed by atoms with Crippen LogP contribution in [0.3, 0.4) is 0 Å². The van der Waals surface area contributed by atoms with E-state index < -0.39 is 0 Å². The van der Waals surface area contributed by atoms with Crippen molar-refractivity contribution in [3.63, 3.8) is 0 Å². The van der Waals surface area contributed by atoms with E-state index in [0.29, 0.717) is 6.54 Å². The maximum Gasteiger partial charge on any atom is 0.220 e. The molecule has 23 heavy (non-hydrogen) atoms. The molecule has 0 fully saturated rings. The Morgan fingerprint density at radius 1 is 0.870 bits per heavy atom. The first kappa shape index (κ1) is 15.2. The van der Waals surface area contributed by atoms with Crippen molar-refractivity contribution in [2.45, 2.75) is 19.5 Å². The third kappa shape index (κ3) is 4.14. The highest BCUT2D eigenvalue weighted by molar-refractivity contribution is 5.19. The molecule has 116 valence electrons. The van der Waals surface area contributed by atoms with Crippen molar-refractivity contribution < 1.29 is 0 Å². The van der Waals surface area contributed by atoms with Crippen molar-refractivity contribution in [1.82, 2.24) is 9.80 Å². The topological polar surface area (TPSA) is 10.8 Å². The van der Waals surface area contributed by atoms with Gasteiger partial charge < -0.3 is 14.6 Å². The zero-order valence-corrected chi connectivity index (χ0v) is 13.2. The zero-order valence-electron chi connectivity index (χ0n) is 13.2. The molecule has 0 saturated carbocycles. The average molecular weight is 303 g/mol. The Kier molecular flexibility index (Phi) is 4.95. The van der Waals surface area contributed by atoms with Gasteiger partial charge in [-0.05, 0) is 11.1 Å². The van der Waals surface area contributed by atoms with Crippen LogP contribution in [0.2, 0.25) is 0 Å². The summed E-state index contributed by atoms with van der Waals surface area (Å²) in [4.78, 5) is 8.22. The van der Waals surface area contributed by atoms with Crippen LogP contribution < -0.4 is 0 Å². The first-order chi connectivity index (χ1) is 11.3. The second-order valence-corrected chi connectivity index (χ2v) is 5.81. The minimum Gasteiger partial charge on any atom is -0.354 e. The van der Waals surface area contributed by atoms with Gasteiger partial charge in [0.2, 0.25) is 6.54 Å². The van der Waals surface area contributed by atoms with Crippen LogP contribution in [-0.4, -0.2) is 23.0 Å². The summed E-state index contributed by atoms with van der Waals surface area (Å²) >= 11 is 0. The van der Waals surface area contributed by atoms with Gasteiger partial charge in [0.05, 0.1) is 13.1 Å². The fourth-order valence-corrected chi connectivity index (χ4v) is 2.91. The van der Waals surface area contributed by atoms with Gasteiger partial charge in [-0.1, -0.05) is 60.7 Å². The van der Waals surface area contributed by atoms with Crippen LogP contribution in [0.5, 0.6) is 0 Å². The van der Waals surface area contributed by atoms with Crippen molar-refractivity contribution in [2.75, 3.05) is 13.2 Å². The van der Waals surface area contributed by atoms with Crippen LogP contribution in [0.1, 0.15) is 17.5 Å². The van der Waals surface area contributed by atoms with E-state index in [9.17, 15) is 0 Å². The molecular weight excluding hydrogens is 282 g/mol. The Hall–Kier alpha value is -2.73. The molecule has 2 aromatic rings. The standard InChI is InChI=1S/C20H21N3/c1-21-13-12-20-16-22(14-18-8-4-2-5-9-18)17-23(20)15-19-10-6-3-7-11-19/h2-11,16H,12-15,17H2. The lowest BCUT2D eigenvalue weighted by atomic mass is 10.2. The second-order valence-electron chi connectivity index (χ2n) is 5.81. The molecule has 0 aromatic heterocycles. The van der Waals surface area contributed by atoms with Crippen molar-refractivity contribution in [2.24, 2.45) is 0 Å². The number of nitrogens with zero attached hydrogens (tertiary/aromatic N) is 3. The zero-order chi connectivity index (χ0) is 15.9. The number of hydrogen-bond acceptors (Lipinski definition) is 2. The van der Waals surface area contributed by atoms with Crippen molar-refractivity contribution in [3.05, 3.63) is 95.1 Å². The van der Waals surface area contributed by atoms with E-state index in [0.717, 1.165) is 26.2 Å². The lowest BCUT2D eigenvalue weighted by Gasteiger charge is -2.23. The van der Waals surface area contributed by atoms with Crippen molar-refractivity contribution >= 4 is 0 Å². The predicted molar refractivity (Wildman–Crippen MR) is 93.0 cm³/mol. The number of rotatable bonds is 6. The Bertz CT molecular complexity index is 686. The summed E-state index contributed by atoms with van der Waals surface area (Å²) in [5.74, 6) is 0. The van der Waals surface area contributed by atoms with E-state index in [1.54, 1.807) is 0 Å². The summed E-state index contributed by atoms with van der Waals surface area (Å²) in [5, 5.41) is 0. The molecule has 0 radical (unpaired) electrons. The van der Waals surface area contributed by atoms with Crippen LogP contribution >= 0.6 is 0 Å². The van der Waals surface area contributed by atoms with E-state index >= 15 is 0 Å². The maximum atomic E-state index is 7.05. The highest BCUT2D eigenvalue weighted by Crippen LogP contribution is 2.23. The molecule has 3 rings (SSSR count). The second kappa shape index (κ2) is 7.51. The van der Waals surface area contributed by atoms with Gasteiger partial charge in [0.1, 0.15) is 0 Å². The summed E-state index contributed by atoms with van der Waals surface area (Å²) in [6.45, 7) is 10.3. The predicted octanol–water partition coefficient (Wildman–Crippen LogP) is 4.11. The van der Waals surface area contributed by atoms with Crippen molar-refractivity contribution in [3.8, 4) is 0 Å². The van der Waals surface area contributed by atoms with Crippen LogP contribution in [0, 0.1) is 6.57 Å². The van der Waals surface area contributed by atoms with E-state index in [4.69, 9.17) is 6.57 Å². The summed E-state index contributed by atoms with van der Waals surface area (Å²) in [6.07, 6.45) is 3.04. The summed E-state index contributed by atoms with van der Waals surface area (Å²) in [6, 6.07) is 21.0. The molecule has 0 atom stereocenters. The van der Waals surface area contributed by atoms with Gasteiger partial charge in [0.25, 0.3) is 0 Å². The Labute approximate surface area is 138 Å². The fourth-order valence-electron chi connectivity index (χ4n) is 2.91. The van der Waals surface area contributed by atoms with Crippen LogP contribution in [0.25, 0.3) is 4.85 Å². The van der Waals surface area contributed by atoms with E-state index in [2.05, 4.69) is 69.4 Å². The van der Waals surface area contributed by atoms with Gasteiger partial charge in [0.15, 0.2) is 0 Å². The molecule has 0 aliphatic carbocycles. The third-order valence-corrected chi connectivity index (χ3v) is 4.01. The van der Waals surface area contributed by atoms with Crippen LogP contribution in [0.15, 0.2) is 72.6 Å². The Morgan fingerprint density at radius 3 is 2.09 bits per heavy atom. The molecule has 3 nitrogen and oxygen atoms in total. The smallest absolute Gasteiger partial charge is 0.220 e. The number of hydrogen-bond donors (Lipinski definition) is 0. The van der Waals surface area contributed by atoms with Gasteiger partial charge in [-0.25, -0.2) is 6.57 Å². The van der Waals surface area contributed by atoms with Gasteiger partial charge in [-0.2, -0.15) is 0 Å². The lowest BCUT2D eigenvalue weighted by molar-refractivity contribution is 0.241. The first-order valence-electron chi connectivity index (χ1n) is 7.96. The Morgan fingerprint density at radius 2 is 1.48 bits per heavy atom. The Balaban J connectivity index is 1.69. The fraction of sp³-hybridized carbons (Fsp3) is 0.250. The molecule has 1 aliphatic rings. The molecule has 0 amide bonds. The summed E-state index contributed by atoms with van der Waals surface area (Å²) in [5.41, 5.74) is 3.89. The van der Waals surface area contributed by atoms with Gasteiger partial charge in [-0.15, -0.1) is 0 Å². The summed E-state index contributed by atoms with van der Waals surface area (Å²) in [7, 11) is 0. The quantitative estimate of drug-likeness (QED) is 0.744. The first-order valence-corrected chi connectivity index (χ1v) is 7.96. The van der Waals surface area contributed by atoms with Crippen LogP contribution in [0.4, 0.5) is 0 Å². The minimum atomic E-state index is 0.552. The van der Waals surface area contributed by atoms with E-state index in [-0.39, 0.29) is 0 Å². The molecule has 0 unspecified atom stereocenters. The highest BCUT2D eigenvalue weighted by Gasteiger charge is 2.21. The molecule has 0 bridgehead atoms. The van der Waals surface area contributed by atoms with Crippen molar-refractivity contribution in [1.29, 1.82) is 0 Å². The number of benzene rings is 2. The van der Waals surface area contributed by atoms with Gasteiger partial charge in [-0.3, -0.25) is 0 Å². The molecule has 0 spiro atoms. The SMILES string of the molecule is [C-]#[N+]CCC1=CN(Cc2ccccc2)CN1Cc1ccccc1. The maximum absolute atomic E-state index is 7.05. The monoisotopic (exact) mass is 303 g/mol. The minimum absolute atomic E-state index is 0.552. The van der Waals surface area contributed by atoms with Gasteiger partial charge in [0, 0.05) is 25.0 Å². The van der Waals surface area contributed by atoms with Gasteiger partial charge >= 0.3 is 0 Å². The molecule has 2 aromatic carbocycles. The average Bonchev–Trinajstić information content (AvgIpc) is 2.96. The normalized spacial score (nSPS) is 13.8. The van der Waals surface area contributed by atoms with E-state index in [1.165, 1.54) is 16.8 Å². The van der Waals surface area contributed by atoms with E-state index in [1.807, 2.05) is 12.1 Å². The molecule has 0 saturated heterocycles. The molecule has 0 N–H and O–H groups in total.